The fraction of sp³-hybridized carbons (Fsp3) is 0.320. The molecule has 0 bridgehead atoms. The van der Waals surface area contributed by atoms with Crippen LogP contribution in [0.15, 0.2) is 58.4 Å². The quantitative estimate of drug-likeness (QED) is 0.452. The van der Waals surface area contributed by atoms with Gasteiger partial charge in [-0.05, 0) is 28.7 Å². The highest BCUT2D eigenvalue weighted by Crippen LogP contribution is 2.54. The van der Waals surface area contributed by atoms with E-state index in [4.69, 9.17) is 0 Å². The number of amides is 2. The lowest BCUT2D eigenvalue weighted by atomic mass is 9.81. The zero-order valence-electron chi connectivity index (χ0n) is 19.0. The second kappa shape index (κ2) is 8.09. The number of halogens is 3. The molecule has 3 heterocycles. The van der Waals surface area contributed by atoms with Crippen molar-refractivity contribution in [2.75, 3.05) is 4.90 Å². The number of carbonyl (C=O) groups is 2. The van der Waals surface area contributed by atoms with Crippen molar-refractivity contribution in [1.82, 2.24) is 4.98 Å². The lowest BCUT2D eigenvalue weighted by Crippen LogP contribution is -2.33. The van der Waals surface area contributed by atoms with Gasteiger partial charge in [0.05, 0.1) is 22.2 Å². The summed E-state index contributed by atoms with van der Waals surface area (Å²) in [7, 11) is 0. The summed E-state index contributed by atoms with van der Waals surface area (Å²) in [4.78, 5) is 43.0. The monoisotopic (exact) mass is 518 g/mol. The zero-order chi connectivity index (χ0) is 25.3. The van der Waals surface area contributed by atoms with Gasteiger partial charge in [0.15, 0.2) is 0 Å². The number of aromatic nitrogens is 1. The van der Waals surface area contributed by atoms with Gasteiger partial charge >= 0.3 is 11.0 Å². The summed E-state index contributed by atoms with van der Waals surface area (Å²) in [5.74, 6) is -2.97. The van der Waals surface area contributed by atoms with Crippen molar-refractivity contribution in [2.45, 2.75) is 48.6 Å². The predicted molar refractivity (Wildman–Crippen MR) is 129 cm³/mol. The SMILES string of the molecule is CC(C)(C)c1ccc(C2c3sc(=O)[nH]c3SC3C(=O)N(c4ccccc4C(F)(F)F)C(=O)C32)cc1. The molecule has 2 amide bonds. The van der Waals surface area contributed by atoms with E-state index >= 15 is 0 Å². The first-order chi connectivity index (χ1) is 16.4. The van der Waals surface area contributed by atoms with E-state index < -0.39 is 46.3 Å². The first-order valence-corrected chi connectivity index (χ1v) is 12.6. The maximum absolute atomic E-state index is 13.7. The van der Waals surface area contributed by atoms with Gasteiger partial charge in [-0.2, -0.15) is 13.2 Å². The average molecular weight is 519 g/mol. The number of anilines is 1. The summed E-state index contributed by atoms with van der Waals surface area (Å²) in [5.41, 5.74) is 0.186. The minimum absolute atomic E-state index is 0.106. The van der Waals surface area contributed by atoms with Crippen LogP contribution in [0.3, 0.4) is 0 Å². The number of para-hydroxylation sites is 1. The molecular weight excluding hydrogens is 497 g/mol. The molecule has 0 saturated carbocycles. The topological polar surface area (TPSA) is 70.2 Å². The molecule has 1 aromatic heterocycles. The van der Waals surface area contributed by atoms with E-state index in [1.165, 1.54) is 12.1 Å². The number of alkyl halides is 3. The third kappa shape index (κ3) is 3.92. The molecule has 1 saturated heterocycles. The maximum Gasteiger partial charge on any atom is 0.418 e. The van der Waals surface area contributed by atoms with Crippen molar-refractivity contribution >= 4 is 40.6 Å². The van der Waals surface area contributed by atoms with Gasteiger partial charge in [-0.25, -0.2) is 4.90 Å². The summed E-state index contributed by atoms with van der Waals surface area (Å²) in [5, 5.41) is -0.466. The molecule has 5 nitrogen and oxygen atoms in total. The summed E-state index contributed by atoms with van der Waals surface area (Å²) in [6.45, 7) is 6.21. The number of hydrogen-bond acceptors (Lipinski definition) is 5. The lowest BCUT2D eigenvalue weighted by molar-refractivity contribution is -0.137. The van der Waals surface area contributed by atoms with Crippen molar-refractivity contribution < 1.29 is 22.8 Å². The molecule has 2 aliphatic heterocycles. The van der Waals surface area contributed by atoms with Crippen LogP contribution in [0, 0.1) is 5.92 Å². The number of aromatic amines is 1. The van der Waals surface area contributed by atoms with E-state index in [1.54, 1.807) is 0 Å². The third-order valence-corrected chi connectivity index (χ3v) is 8.81. The Kier molecular flexibility index (Phi) is 5.52. The number of nitrogens with one attached hydrogen (secondary N) is 1. The Hall–Kier alpha value is -2.85. The van der Waals surface area contributed by atoms with Gasteiger partial charge in [-0.1, -0.05) is 80.3 Å². The molecule has 0 radical (unpaired) electrons. The van der Waals surface area contributed by atoms with Gasteiger partial charge in [0.2, 0.25) is 11.8 Å². The standard InChI is InChI=1S/C25H21F3N2O3S2/c1-24(2,3)13-10-8-12(9-11-13)16-17-19(34-20-18(16)35-23(33)29-20)22(32)30(21(17)31)15-7-5-4-6-14(15)25(26,27)28/h4-11,16-17,19H,1-3H3,(H,29,33). The molecule has 2 aliphatic rings. The second-order valence-corrected chi connectivity index (χ2v) is 11.8. The molecule has 3 atom stereocenters. The average Bonchev–Trinajstić information content (AvgIpc) is 3.27. The largest absolute Gasteiger partial charge is 0.418 e. The number of thiazole rings is 1. The van der Waals surface area contributed by atoms with Crippen LogP contribution in [-0.4, -0.2) is 22.0 Å². The van der Waals surface area contributed by atoms with Crippen LogP contribution in [0.5, 0.6) is 0 Å². The Morgan fingerprint density at radius 3 is 2.20 bits per heavy atom. The molecule has 0 aliphatic carbocycles. The van der Waals surface area contributed by atoms with E-state index in [2.05, 4.69) is 25.8 Å². The predicted octanol–water partition coefficient (Wildman–Crippen LogP) is 5.55. The Morgan fingerprint density at radius 2 is 1.57 bits per heavy atom. The minimum atomic E-state index is -4.73. The number of nitrogens with zero attached hydrogens (tertiary/aromatic N) is 1. The number of hydrogen-bond donors (Lipinski definition) is 1. The van der Waals surface area contributed by atoms with Crippen molar-refractivity contribution in [3.05, 3.63) is 79.8 Å². The van der Waals surface area contributed by atoms with Crippen molar-refractivity contribution in [2.24, 2.45) is 5.92 Å². The van der Waals surface area contributed by atoms with Gasteiger partial charge < -0.3 is 4.98 Å². The molecule has 3 aromatic rings. The van der Waals surface area contributed by atoms with Gasteiger partial charge in [-0.15, -0.1) is 0 Å². The number of benzene rings is 2. The second-order valence-electron chi connectivity index (χ2n) is 9.65. The minimum Gasteiger partial charge on any atom is -0.307 e. The highest BCUT2D eigenvalue weighted by Gasteiger charge is 2.57. The fourth-order valence-electron chi connectivity index (χ4n) is 4.71. The van der Waals surface area contributed by atoms with Crippen LogP contribution >= 0.6 is 23.1 Å². The van der Waals surface area contributed by atoms with Crippen LogP contribution < -0.4 is 9.77 Å². The van der Waals surface area contributed by atoms with E-state index in [9.17, 15) is 27.6 Å². The molecule has 5 rings (SSSR count). The molecule has 2 aromatic carbocycles. The first kappa shape index (κ1) is 23.9. The van der Waals surface area contributed by atoms with Crippen molar-refractivity contribution in [3.8, 4) is 0 Å². The normalized spacial score (nSPS) is 22.3. The Morgan fingerprint density at radius 1 is 0.914 bits per heavy atom. The summed E-state index contributed by atoms with van der Waals surface area (Å²) < 4.78 is 41.2. The fourth-order valence-corrected chi connectivity index (χ4v) is 7.23. The van der Waals surface area contributed by atoms with Crippen LogP contribution in [0.1, 0.15) is 48.3 Å². The maximum atomic E-state index is 13.7. The Labute approximate surface area is 207 Å². The summed E-state index contributed by atoms with van der Waals surface area (Å²) in [6.07, 6.45) is -4.73. The molecule has 1 N–H and O–H groups in total. The number of fused-ring (bicyclic) bond motifs is 2. The zero-order valence-corrected chi connectivity index (χ0v) is 20.6. The molecule has 3 unspecified atom stereocenters. The van der Waals surface area contributed by atoms with Crippen LogP contribution in [0.25, 0.3) is 0 Å². The van der Waals surface area contributed by atoms with Crippen molar-refractivity contribution in [3.63, 3.8) is 0 Å². The Bertz CT molecular complexity index is 1390. The van der Waals surface area contributed by atoms with Crippen LogP contribution in [0.4, 0.5) is 18.9 Å². The smallest absolute Gasteiger partial charge is 0.307 e. The number of rotatable bonds is 2. The third-order valence-electron chi connectivity index (χ3n) is 6.41. The summed E-state index contributed by atoms with van der Waals surface area (Å²) in [6, 6.07) is 12.2. The van der Waals surface area contributed by atoms with Gasteiger partial charge in [0, 0.05) is 10.8 Å². The molecule has 0 spiro atoms. The lowest BCUT2D eigenvalue weighted by Gasteiger charge is -2.30. The molecular formula is C25H21F3N2O3S2. The van der Waals surface area contributed by atoms with Gasteiger partial charge in [-0.3, -0.25) is 14.4 Å². The number of H-pyrrole nitrogens is 1. The summed E-state index contributed by atoms with van der Waals surface area (Å²) >= 11 is 2.00. The van der Waals surface area contributed by atoms with Crippen LogP contribution in [0.2, 0.25) is 0 Å². The van der Waals surface area contributed by atoms with E-state index in [0.29, 0.717) is 14.8 Å². The number of carbonyl (C=O) groups excluding carboxylic acids is 2. The molecule has 10 heteroatoms. The number of imide groups is 1. The van der Waals surface area contributed by atoms with Gasteiger partial charge in [0.25, 0.3) is 0 Å². The highest BCUT2D eigenvalue weighted by molar-refractivity contribution is 8.00. The Balaban J connectivity index is 1.64. The van der Waals surface area contributed by atoms with Crippen LogP contribution in [-0.2, 0) is 21.2 Å². The molecule has 1 fully saturated rings. The number of thioether (sulfide) groups is 1. The van der Waals surface area contributed by atoms with E-state index in [-0.39, 0.29) is 10.3 Å². The van der Waals surface area contributed by atoms with E-state index in [0.717, 1.165) is 46.4 Å². The van der Waals surface area contributed by atoms with E-state index in [1.807, 2.05) is 24.3 Å². The molecule has 182 valence electrons. The van der Waals surface area contributed by atoms with Gasteiger partial charge in [0.1, 0.15) is 5.25 Å². The molecule has 35 heavy (non-hydrogen) atoms. The highest BCUT2D eigenvalue weighted by atomic mass is 32.2. The van der Waals surface area contributed by atoms with Crippen molar-refractivity contribution in [1.29, 1.82) is 0 Å². The first-order valence-electron chi connectivity index (χ1n) is 10.9.